The predicted molar refractivity (Wildman–Crippen MR) is 80.8 cm³/mol. The summed E-state index contributed by atoms with van der Waals surface area (Å²) in [4.78, 5) is 16.6. The summed E-state index contributed by atoms with van der Waals surface area (Å²) in [6, 6.07) is 17.7. The average molecular weight is 275 g/mol. The number of benzene rings is 2. The highest BCUT2D eigenvalue weighted by molar-refractivity contribution is 6.14. The van der Waals surface area contributed by atoms with Gasteiger partial charge in [0.2, 0.25) is 5.90 Å². The van der Waals surface area contributed by atoms with E-state index in [4.69, 9.17) is 4.74 Å². The zero-order valence-electron chi connectivity index (χ0n) is 11.4. The lowest BCUT2D eigenvalue weighted by Crippen LogP contribution is -2.05. The van der Waals surface area contributed by atoms with Crippen molar-refractivity contribution < 1.29 is 9.53 Å². The zero-order valence-corrected chi connectivity index (χ0v) is 11.4. The van der Waals surface area contributed by atoms with Gasteiger partial charge in [-0.15, -0.1) is 0 Å². The second-order valence-electron chi connectivity index (χ2n) is 5.16. The summed E-state index contributed by atoms with van der Waals surface area (Å²) in [6.07, 6.45) is 1.80. The van der Waals surface area contributed by atoms with Gasteiger partial charge in [0, 0.05) is 5.56 Å². The summed E-state index contributed by atoms with van der Waals surface area (Å²) in [5, 5.41) is 0. The molecule has 3 heteroatoms. The molecule has 1 aliphatic carbocycles. The number of fused-ring (bicyclic) bond motifs is 1. The molecular formula is C18H13NO2. The number of allylic oxidation sites excluding steroid dienone is 1. The minimum absolute atomic E-state index is 0.347. The Morgan fingerprint density at radius 3 is 2.52 bits per heavy atom. The van der Waals surface area contributed by atoms with Crippen molar-refractivity contribution in [1.29, 1.82) is 0 Å². The largest absolute Gasteiger partial charge is 0.402 e. The van der Waals surface area contributed by atoms with Gasteiger partial charge in [-0.3, -0.25) is 0 Å². The maximum atomic E-state index is 12.2. The third kappa shape index (κ3) is 1.98. The molecule has 0 aromatic heterocycles. The molecule has 0 atom stereocenters. The van der Waals surface area contributed by atoms with Gasteiger partial charge in [0.1, 0.15) is 0 Å². The number of hydrogen-bond donors (Lipinski definition) is 0. The fourth-order valence-electron chi connectivity index (χ4n) is 2.87. The van der Waals surface area contributed by atoms with Crippen LogP contribution in [0.1, 0.15) is 23.1 Å². The highest BCUT2D eigenvalue weighted by Crippen LogP contribution is 2.36. The van der Waals surface area contributed by atoms with Crippen molar-refractivity contribution in [3.05, 3.63) is 77.0 Å². The summed E-state index contributed by atoms with van der Waals surface area (Å²) in [7, 11) is 0. The summed E-state index contributed by atoms with van der Waals surface area (Å²) < 4.78 is 5.34. The number of rotatable bonds is 1. The number of carbonyl (C=O) groups is 1. The minimum Gasteiger partial charge on any atom is -0.402 e. The lowest BCUT2D eigenvalue weighted by molar-refractivity contribution is -0.129. The quantitative estimate of drug-likeness (QED) is 0.591. The highest BCUT2D eigenvalue weighted by Gasteiger charge is 2.30. The summed E-state index contributed by atoms with van der Waals surface area (Å²) in [5.74, 6) is 0.0491. The Morgan fingerprint density at radius 1 is 0.905 bits per heavy atom. The van der Waals surface area contributed by atoms with Gasteiger partial charge in [-0.05, 0) is 41.7 Å². The molecule has 3 nitrogen and oxygen atoms in total. The Labute approximate surface area is 122 Å². The number of nitrogens with zero attached hydrogens (tertiary/aromatic N) is 1. The van der Waals surface area contributed by atoms with Crippen LogP contribution in [-0.2, 0) is 16.0 Å². The second-order valence-corrected chi connectivity index (χ2v) is 5.16. The van der Waals surface area contributed by atoms with Gasteiger partial charge in [-0.2, -0.15) is 0 Å². The van der Waals surface area contributed by atoms with E-state index in [1.807, 2.05) is 48.5 Å². The molecule has 0 saturated carbocycles. The lowest BCUT2D eigenvalue weighted by atomic mass is 10.1. The zero-order chi connectivity index (χ0) is 14.2. The molecule has 1 aliphatic heterocycles. The normalized spacial score (nSPS) is 20.2. The fourth-order valence-corrected chi connectivity index (χ4v) is 2.87. The minimum atomic E-state index is -0.347. The summed E-state index contributed by atoms with van der Waals surface area (Å²) in [6.45, 7) is 0. The molecule has 102 valence electrons. The molecule has 0 amide bonds. The number of aliphatic imine (C=N–C) groups is 1. The number of carbonyl (C=O) groups excluding carboxylic acids is 1. The molecular weight excluding hydrogens is 262 g/mol. The van der Waals surface area contributed by atoms with E-state index >= 15 is 0 Å². The summed E-state index contributed by atoms with van der Waals surface area (Å²) in [5.41, 5.74) is 4.69. The van der Waals surface area contributed by atoms with Crippen molar-refractivity contribution in [3.63, 3.8) is 0 Å². The number of aryl methyl sites for hydroxylation is 1. The standard InChI is InChI=1S/C18H13NO2/c20-18-16(15-11-10-12-6-4-5-9-14(12)15)19-17(21-18)13-7-2-1-3-8-13/h1-9H,10-11H2/b16-15-. The van der Waals surface area contributed by atoms with Crippen molar-refractivity contribution in [3.8, 4) is 0 Å². The Kier molecular flexibility index (Phi) is 2.71. The predicted octanol–water partition coefficient (Wildman–Crippen LogP) is 3.35. The Hall–Kier alpha value is -2.68. The molecule has 2 aliphatic rings. The first kappa shape index (κ1) is 12.1. The van der Waals surface area contributed by atoms with Gasteiger partial charge in [-0.25, -0.2) is 9.79 Å². The topological polar surface area (TPSA) is 38.7 Å². The van der Waals surface area contributed by atoms with Crippen LogP contribution in [0, 0.1) is 0 Å². The van der Waals surface area contributed by atoms with Gasteiger partial charge in [-0.1, -0.05) is 42.5 Å². The number of hydrogen-bond acceptors (Lipinski definition) is 3. The number of cyclic esters (lactones) is 1. The van der Waals surface area contributed by atoms with Crippen LogP contribution in [0.25, 0.3) is 5.57 Å². The molecule has 21 heavy (non-hydrogen) atoms. The van der Waals surface area contributed by atoms with Gasteiger partial charge in [0.15, 0.2) is 5.70 Å². The van der Waals surface area contributed by atoms with E-state index in [1.165, 1.54) is 5.56 Å². The van der Waals surface area contributed by atoms with Gasteiger partial charge < -0.3 is 4.74 Å². The van der Waals surface area contributed by atoms with Crippen LogP contribution >= 0.6 is 0 Å². The third-order valence-corrected chi connectivity index (χ3v) is 3.89. The van der Waals surface area contributed by atoms with E-state index in [2.05, 4.69) is 11.1 Å². The molecule has 0 N–H and O–H groups in total. The first-order valence-electron chi connectivity index (χ1n) is 7.00. The Morgan fingerprint density at radius 2 is 1.67 bits per heavy atom. The van der Waals surface area contributed by atoms with Crippen molar-refractivity contribution in [2.24, 2.45) is 4.99 Å². The molecule has 0 unspecified atom stereocenters. The van der Waals surface area contributed by atoms with Crippen LogP contribution in [0.3, 0.4) is 0 Å². The third-order valence-electron chi connectivity index (χ3n) is 3.89. The molecule has 0 saturated heterocycles. The molecule has 2 aromatic rings. The maximum Gasteiger partial charge on any atom is 0.364 e. The van der Waals surface area contributed by atoms with Gasteiger partial charge in [0.05, 0.1) is 0 Å². The molecule has 0 bridgehead atoms. The van der Waals surface area contributed by atoms with Crippen molar-refractivity contribution in [2.45, 2.75) is 12.8 Å². The first-order valence-corrected chi connectivity index (χ1v) is 7.00. The molecule has 4 rings (SSSR count). The Balaban J connectivity index is 1.82. The first-order chi connectivity index (χ1) is 10.3. The van der Waals surface area contributed by atoms with Crippen LogP contribution in [0.4, 0.5) is 0 Å². The fraction of sp³-hybridized carbons (Fsp3) is 0.111. The highest BCUT2D eigenvalue weighted by atomic mass is 16.6. The molecule has 2 aromatic carbocycles. The Bertz CT molecular complexity index is 788. The number of ether oxygens (including phenoxy) is 1. The average Bonchev–Trinajstić information content (AvgIpc) is 3.11. The van der Waals surface area contributed by atoms with Crippen LogP contribution in [0.2, 0.25) is 0 Å². The van der Waals surface area contributed by atoms with Gasteiger partial charge in [0.25, 0.3) is 0 Å². The molecule has 0 spiro atoms. The molecule has 0 radical (unpaired) electrons. The second kappa shape index (κ2) is 4.70. The lowest BCUT2D eigenvalue weighted by Gasteiger charge is -2.00. The number of esters is 1. The van der Waals surface area contributed by atoms with E-state index in [0.29, 0.717) is 11.6 Å². The van der Waals surface area contributed by atoms with Crippen LogP contribution in [0.5, 0.6) is 0 Å². The van der Waals surface area contributed by atoms with E-state index in [1.54, 1.807) is 0 Å². The van der Waals surface area contributed by atoms with E-state index in [-0.39, 0.29) is 5.97 Å². The molecule has 1 heterocycles. The van der Waals surface area contributed by atoms with Crippen molar-refractivity contribution in [2.75, 3.05) is 0 Å². The van der Waals surface area contributed by atoms with E-state index in [0.717, 1.165) is 29.5 Å². The summed E-state index contributed by atoms with van der Waals surface area (Å²) >= 11 is 0. The maximum absolute atomic E-state index is 12.2. The van der Waals surface area contributed by atoms with Crippen molar-refractivity contribution >= 4 is 17.4 Å². The van der Waals surface area contributed by atoms with Gasteiger partial charge >= 0.3 is 5.97 Å². The van der Waals surface area contributed by atoms with Crippen molar-refractivity contribution in [1.82, 2.24) is 0 Å². The molecule has 0 fully saturated rings. The van der Waals surface area contributed by atoms with Crippen LogP contribution in [0.15, 0.2) is 65.3 Å². The monoisotopic (exact) mass is 275 g/mol. The van der Waals surface area contributed by atoms with E-state index < -0.39 is 0 Å². The van der Waals surface area contributed by atoms with Crippen LogP contribution in [-0.4, -0.2) is 11.9 Å². The van der Waals surface area contributed by atoms with Crippen LogP contribution < -0.4 is 0 Å². The smallest absolute Gasteiger partial charge is 0.364 e. The van der Waals surface area contributed by atoms with E-state index in [9.17, 15) is 4.79 Å². The SMILES string of the molecule is O=C1OC(c2ccccc2)=N/C1=C1/CCc2ccccc21.